The lowest BCUT2D eigenvalue weighted by molar-refractivity contribution is -0.182. The summed E-state index contributed by atoms with van der Waals surface area (Å²) in [4.78, 5) is 18.3. The average molecular weight is 592 g/mol. The summed E-state index contributed by atoms with van der Waals surface area (Å²) in [6.07, 6.45) is -2.79. The van der Waals surface area contributed by atoms with Gasteiger partial charge in [-0.05, 0) is 42.7 Å². The lowest BCUT2D eigenvalue weighted by atomic mass is 9.90. The standard InChI is InChI=1S/C28H26F5N5O4/c1-16-34-13-23(42-16)19-7-6-18(12-22(19)40-3)24-35-36-25-27(9-4-10-38(24)25,26(39)37(2)15-28(31,32)33)41-14-17-5-8-20(29)21(30)11-17/h5-8,11-13H,4,9-10,14-15H2,1-3H3. The molecule has 3 heterocycles. The maximum Gasteiger partial charge on any atom is 0.406 e. The van der Waals surface area contributed by atoms with Crippen LogP contribution in [0.15, 0.2) is 47.0 Å². The molecule has 0 saturated carbocycles. The summed E-state index contributed by atoms with van der Waals surface area (Å²) in [7, 11) is 2.50. The van der Waals surface area contributed by atoms with Crippen molar-refractivity contribution in [3.63, 3.8) is 0 Å². The Morgan fingerprint density at radius 1 is 1.14 bits per heavy atom. The number of fused-ring (bicyclic) bond motifs is 1. The Labute approximate surface area is 236 Å². The van der Waals surface area contributed by atoms with Crippen molar-refractivity contribution in [2.24, 2.45) is 0 Å². The second kappa shape index (κ2) is 11.2. The first-order chi connectivity index (χ1) is 19.9. The molecule has 0 radical (unpaired) electrons. The van der Waals surface area contributed by atoms with E-state index >= 15 is 0 Å². The van der Waals surface area contributed by atoms with Gasteiger partial charge in [-0.3, -0.25) is 4.79 Å². The van der Waals surface area contributed by atoms with Gasteiger partial charge in [-0.15, -0.1) is 10.2 Å². The number of halogens is 5. The first kappa shape index (κ1) is 29.2. The number of aromatic nitrogens is 4. The first-order valence-electron chi connectivity index (χ1n) is 12.9. The fraction of sp³-hybridized carbons (Fsp3) is 0.357. The summed E-state index contributed by atoms with van der Waals surface area (Å²) in [6, 6.07) is 8.24. The Bertz CT molecular complexity index is 1620. The Kier molecular flexibility index (Phi) is 7.75. The molecule has 0 fully saturated rings. The van der Waals surface area contributed by atoms with E-state index in [4.69, 9.17) is 13.9 Å². The number of oxazole rings is 1. The van der Waals surface area contributed by atoms with Crippen LogP contribution < -0.4 is 4.74 Å². The van der Waals surface area contributed by atoms with E-state index in [1.807, 2.05) is 0 Å². The number of amides is 1. The van der Waals surface area contributed by atoms with Crippen LogP contribution in [0.3, 0.4) is 0 Å². The van der Waals surface area contributed by atoms with E-state index in [0.717, 1.165) is 19.2 Å². The topological polar surface area (TPSA) is 95.5 Å². The molecule has 0 spiro atoms. The number of hydrogen-bond donors (Lipinski definition) is 0. The highest BCUT2D eigenvalue weighted by Crippen LogP contribution is 2.41. The molecule has 222 valence electrons. The minimum absolute atomic E-state index is 0.000684. The number of aryl methyl sites for hydroxylation is 1. The van der Waals surface area contributed by atoms with Gasteiger partial charge in [0, 0.05) is 26.1 Å². The van der Waals surface area contributed by atoms with Crippen LogP contribution in [0.25, 0.3) is 22.7 Å². The van der Waals surface area contributed by atoms with Crippen molar-refractivity contribution in [2.45, 2.75) is 44.7 Å². The lowest BCUT2D eigenvalue weighted by Gasteiger charge is -2.38. The van der Waals surface area contributed by atoms with Crippen LogP contribution in [0.1, 0.15) is 30.1 Å². The van der Waals surface area contributed by atoms with E-state index in [-0.39, 0.29) is 17.8 Å². The molecule has 1 atom stereocenters. The molecule has 0 bridgehead atoms. The molecule has 1 aliphatic heterocycles. The molecule has 0 N–H and O–H groups in total. The van der Waals surface area contributed by atoms with Crippen molar-refractivity contribution in [3.05, 3.63) is 71.5 Å². The molecule has 42 heavy (non-hydrogen) atoms. The van der Waals surface area contributed by atoms with Crippen LogP contribution >= 0.6 is 0 Å². The molecular weight excluding hydrogens is 565 g/mol. The second-order valence-corrected chi connectivity index (χ2v) is 9.90. The van der Waals surface area contributed by atoms with Gasteiger partial charge in [0.15, 0.2) is 34.9 Å². The number of alkyl halides is 3. The smallest absolute Gasteiger partial charge is 0.406 e. The summed E-state index contributed by atoms with van der Waals surface area (Å²) < 4.78 is 86.0. The summed E-state index contributed by atoms with van der Waals surface area (Å²) >= 11 is 0. The molecular formula is C28H26F5N5O4. The molecule has 1 unspecified atom stereocenters. The highest BCUT2D eigenvalue weighted by atomic mass is 19.4. The Morgan fingerprint density at radius 3 is 2.60 bits per heavy atom. The third-order valence-electron chi connectivity index (χ3n) is 6.95. The molecule has 2 aromatic carbocycles. The monoisotopic (exact) mass is 591 g/mol. The van der Waals surface area contributed by atoms with Gasteiger partial charge in [-0.1, -0.05) is 12.1 Å². The van der Waals surface area contributed by atoms with Crippen LogP contribution in [0, 0.1) is 18.6 Å². The van der Waals surface area contributed by atoms with E-state index in [0.29, 0.717) is 52.2 Å². The molecule has 1 aliphatic rings. The third-order valence-corrected chi connectivity index (χ3v) is 6.95. The molecule has 0 aliphatic carbocycles. The van der Waals surface area contributed by atoms with Gasteiger partial charge in [-0.2, -0.15) is 13.2 Å². The number of rotatable bonds is 8. The largest absolute Gasteiger partial charge is 0.496 e. The molecule has 1 amide bonds. The van der Waals surface area contributed by atoms with Crippen molar-refractivity contribution < 1.29 is 40.6 Å². The van der Waals surface area contributed by atoms with Crippen LogP contribution in [0.5, 0.6) is 5.75 Å². The van der Waals surface area contributed by atoms with Gasteiger partial charge in [-0.25, -0.2) is 13.8 Å². The molecule has 9 nitrogen and oxygen atoms in total. The fourth-order valence-corrected chi connectivity index (χ4v) is 5.03. The Morgan fingerprint density at radius 2 is 1.93 bits per heavy atom. The van der Waals surface area contributed by atoms with Gasteiger partial charge >= 0.3 is 6.18 Å². The van der Waals surface area contributed by atoms with Crippen LogP contribution in [-0.2, 0) is 28.3 Å². The van der Waals surface area contributed by atoms with Crippen LogP contribution in [-0.4, -0.2) is 57.4 Å². The van der Waals surface area contributed by atoms with Gasteiger partial charge in [0.25, 0.3) is 5.91 Å². The number of methoxy groups -OCH3 is 1. The van der Waals surface area contributed by atoms with E-state index < -0.39 is 42.5 Å². The third kappa shape index (κ3) is 5.58. The van der Waals surface area contributed by atoms with E-state index in [1.165, 1.54) is 13.2 Å². The molecule has 14 heteroatoms. The zero-order valence-electron chi connectivity index (χ0n) is 22.8. The summed E-state index contributed by atoms with van der Waals surface area (Å²) in [5, 5.41) is 8.51. The van der Waals surface area contributed by atoms with Crippen LogP contribution in [0.2, 0.25) is 0 Å². The Hall–Kier alpha value is -4.33. The highest BCUT2D eigenvalue weighted by molar-refractivity contribution is 5.86. The molecule has 2 aromatic heterocycles. The fourth-order valence-electron chi connectivity index (χ4n) is 5.03. The number of ether oxygens (including phenoxy) is 2. The molecule has 4 aromatic rings. The first-order valence-corrected chi connectivity index (χ1v) is 12.9. The van der Waals surface area contributed by atoms with Gasteiger partial charge in [0.1, 0.15) is 12.3 Å². The number of carbonyl (C=O) groups is 1. The number of likely N-dealkylation sites (N-methyl/N-ethyl adjacent to an activating group) is 1. The van der Waals surface area contributed by atoms with Crippen molar-refractivity contribution in [1.29, 1.82) is 0 Å². The minimum Gasteiger partial charge on any atom is -0.496 e. The van der Waals surface area contributed by atoms with E-state index in [2.05, 4.69) is 15.2 Å². The van der Waals surface area contributed by atoms with Gasteiger partial charge < -0.3 is 23.4 Å². The number of carbonyl (C=O) groups excluding carboxylic acids is 1. The van der Waals surface area contributed by atoms with Crippen molar-refractivity contribution in [3.8, 4) is 28.5 Å². The second-order valence-electron chi connectivity index (χ2n) is 9.90. The Balaban J connectivity index is 1.55. The highest BCUT2D eigenvalue weighted by Gasteiger charge is 2.51. The predicted molar refractivity (Wildman–Crippen MR) is 138 cm³/mol. The van der Waals surface area contributed by atoms with Crippen molar-refractivity contribution in [2.75, 3.05) is 20.7 Å². The zero-order chi connectivity index (χ0) is 30.2. The summed E-state index contributed by atoms with van der Waals surface area (Å²) in [5.74, 6) is -1.46. The molecule has 5 rings (SSSR count). The number of benzene rings is 2. The van der Waals surface area contributed by atoms with Crippen molar-refractivity contribution in [1.82, 2.24) is 24.6 Å². The number of nitrogens with zero attached hydrogens (tertiary/aromatic N) is 5. The minimum atomic E-state index is -4.67. The van der Waals surface area contributed by atoms with Gasteiger partial charge in [0.05, 0.1) is 25.5 Å². The average Bonchev–Trinajstić information content (AvgIpc) is 3.59. The zero-order valence-corrected chi connectivity index (χ0v) is 22.8. The maximum atomic E-state index is 13.9. The SMILES string of the molecule is COc1cc(-c2nnc3n2CCCC3(OCc2ccc(F)c(F)c2)C(=O)N(C)CC(F)(F)F)ccc1-c1cnc(C)o1. The lowest BCUT2D eigenvalue weighted by Crippen LogP contribution is -2.52. The molecule has 0 saturated heterocycles. The summed E-state index contributed by atoms with van der Waals surface area (Å²) in [5.41, 5.74) is -0.610. The van der Waals surface area contributed by atoms with E-state index in [9.17, 15) is 26.7 Å². The predicted octanol–water partition coefficient (Wildman–Crippen LogP) is 5.42. The summed E-state index contributed by atoms with van der Waals surface area (Å²) in [6.45, 7) is 0.129. The van der Waals surface area contributed by atoms with Crippen LogP contribution in [0.4, 0.5) is 22.0 Å². The van der Waals surface area contributed by atoms with Gasteiger partial charge in [0.2, 0.25) is 5.60 Å². The van der Waals surface area contributed by atoms with Crippen molar-refractivity contribution >= 4 is 5.91 Å². The number of hydrogen-bond acceptors (Lipinski definition) is 7. The normalized spacial score (nSPS) is 16.8. The quantitative estimate of drug-likeness (QED) is 0.253. The van der Waals surface area contributed by atoms with E-state index in [1.54, 1.807) is 35.9 Å². The maximum absolute atomic E-state index is 13.9.